The highest BCUT2D eigenvalue weighted by Gasteiger charge is 2.02. The predicted molar refractivity (Wildman–Crippen MR) is 106 cm³/mol. The van der Waals surface area contributed by atoms with Crippen LogP contribution in [0.5, 0.6) is 11.5 Å². The Morgan fingerprint density at radius 3 is 2.21 bits per heavy atom. The van der Waals surface area contributed by atoms with Crippen LogP contribution in [-0.2, 0) is 16.0 Å². The first-order valence-corrected chi connectivity index (χ1v) is 9.05. The maximum absolute atomic E-state index is 11.8. The Kier molecular flexibility index (Phi) is 8.52. The van der Waals surface area contributed by atoms with Gasteiger partial charge in [-0.15, -0.1) is 0 Å². The van der Waals surface area contributed by atoms with E-state index in [1.807, 2.05) is 24.3 Å². The van der Waals surface area contributed by atoms with Crippen molar-refractivity contribution in [3.05, 3.63) is 59.7 Å². The molecule has 2 N–H and O–H groups in total. The monoisotopic (exact) mass is 384 g/mol. The van der Waals surface area contributed by atoms with Gasteiger partial charge in [-0.1, -0.05) is 25.5 Å². The van der Waals surface area contributed by atoms with Crippen LogP contribution in [0, 0.1) is 0 Å². The zero-order chi connectivity index (χ0) is 20.2. The normalized spacial score (nSPS) is 10.6. The van der Waals surface area contributed by atoms with Crippen LogP contribution in [0.3, 0.4) is 0 Å². The number of carbonyl (C=O) groups is 2. The molecule has 1 amide bonds. The van der Waals surface area contributed by atoms with Crippen LogP contribution in [0.15, 0.2) is 53.6 Å². The topological polar surface area (TPSA) is 97.2 Å². The molecule has 28 heavy (non-hydrogen) atoms. The van der Waals surface area contributed by atoms with Gasteiger partial charge in [0.25, 0.3) is 5.91 Å². The Bertz CT molecular complexity index is 785. The molecule has 2 aromatic rings. The number of carbonyl (C=O) groups excluding carboxylic acids is 1. The average Bonchev–Trinajstić information content (AvgIpc) is 2.71. The first-order chi connectivity index (χ1) is 13.6. The van der Waals surface area contributed by atoms with Crippen LogP contribution < -0.4 is 14.9 Å². The van der Waals surface area contributed by atoms with Gasteiger partial charge in [-0.25, -0.2) is 10.2 Å². The summed E-state index contributed by atoms with van der Waals surface area (Å²) in [6.07, 6.45) is 4.82. The Labute approximate surface area is 164 Å². The van der Waals surface area contributed by atoms with E-state index in [4.69, 9.17) is 14.6 Å². The maximum atomic E-state index is 11.8. The molecule has 0 spiro atoms. The molecule has 0 aliphatic heterocycles. The fourth-order valence-corrected chi connectivity index (χ4v) is 2.29. The maximum Gasteiger partial charge on any atom is 0.341 e. The van der Waals surface area contributed by atoms with Gasteiger partial charge in [0.15, 0.2) is 13.2 Å². The Hall–Kier alpha value is -3.35. The number of unbranched alkanes of at least 4 members (excludes halogenated alkanes) is 1. The van der Waals surface area contributed by atoms with E-state index in [1.165, 1.54) is 11.8 Å². The Balaban J connectivity index is 1.72. The summed E-state index contributed by atoms with van der Waals surface area (Å²) in [6.45, 7) is 1.63. The number of hydrogen-bond acceptors (Lipinski definition) is 5. The number of amides is 1. The smallest absolute Gasteiger partial charge is 0.341 e. The van der Waals surface area contributed by atoms with Gasteiger partial charge < -0.3 is 14.6 Å². The van der Waals surface area contributed by atoms with Crippen LogP contribution >= 0.6 is 0 Å². The van der Waals surface area contributed by atoms with Crippen molar-refractivity contribution in [2.75, 3.05) is 13.2 Å². The number of aryl methyl sites for hydroxylation is 1. The fourth-order valence-electron chi connectivity index (χ4n) is 2.29. The number of hydrogen-bond donors (Lipinski definition) is 2. The molecule has 0 atom stereocenters. The second-order valence-electron chi connectivity index (χ2n) is 6.08. The lowest BCUT2D eigenvalue weighted by atomic mass is 10.1. The van der Waals surface area contributed by atoms with E-state index in [0.29, 0.717) is 11.5 Å². The van der Waals surface area contributed by atoms with Crippen molar-refractivity contribution >= 4 is 18.1 Å². The molecular weight excluding hydrogens is 360 g/mol. The van der Waals surface area contributed by atoms with Gasteiger partial charge in [-0.2, -0.15) is 5.10 Å². The summed E-state index contributed by atoms with van der Waals surface area (Å²) in [5.74, 6) is -0.329. The molecule has 2 rings (SSSR count). The third-order valence-corrected chi connectivity index (χ3v) is 3.76. The molecular formula is C21H24N2O5. The van der Waals surface area contributed by atoms with Crippen LogP contribution in [0.4, 0.5) is 0 Å². The van der Waals surface area contributed by atoms with Crippen molar-refractivity contribution in [3.8, 4) is 11.5 Å². The number of carboxylic acids is 1. The van der Waals surface area contributed by atoms with Crippen molar-refractivity contribution in [2.24, 2.45) is 5.10 Å². The summed E-state index contributed by atoms with van der Waals surface area (Å²) in [4.78, 5) is 22.2. The second kappa shape index (κ2) is 11.4. The lowest BCUT2D eigenvalue weighted by Gasteiger charge is -2.06. The van der Waals surface area contributed by atoms with E-state index in [2.05, 4.69) is 17.5 Å². The molecule has 0 heterocycles. The summed E-state index contributed by atoms with van der Waals surface area (Å²) in [6, 6.07) is 14.4. The zero-order valence-corrected chi connectivity index (χ0v) is 15.8. The van der Waals surface area contributed by atoms with Gasteiger partial charge in [0.1, 0.15) is 11.5 Å². The summed E-state index contributed by atoms with van der Waals surface area (Å²) < 4.78 is 10.5. The number of nitrogens with zero attached hydrogens (tertiary/aromatic N) is 1. The molecule has 0 saturated heterocycles. The number of aliphatic carboxylic acids is 1. The molecule has 0 bridgehead atoms. The predicted octanol–water partition coefficient (Wildman–Crippen LogP) is 3.02. The molecule has 0 saturated carbocycles. The number of benzene rings is 2. The minimum atomic E-state index is -1.04. The number of ether oxygens (including phenoxy) is 2. The second-order valence-corrected chi connectivity index (χ2v) is 6.08. The third-order valence-electron chi connectivity index (χ3n) is 3.76. The van der Waals surface area contributed by atoms with Crippen LogP contribution in [0.1, 0.15) is 30.9 Å². The average molecular weight is 384 g/mol. The van der Waals surface area contributed by atoms with Crippen molar-refractivity contribution in [2.45, 2.75) is 26.2 Å². The van der Waals surface area contributed by atoms with Gasteiger partial charge in [0.05, 0.1) is 6.21 Å². The van der Waals surface area contributed by atoms with Crippen LogP contribution in [0.25, 0.3) is 0 Å². The fraction of sp³-hybridized carbons (Fsp3) is 0.286. The molecule has 0 aliphatic rings. The minimum absolute atomic E-state index is 0.131. The molecule has 148 valence electrons. The SMILES string of the molecule is CCCCc1ccc(OCC(=O)N/N=C/c2ccc(OCC(=O)O)cc2)cc1. The van der Waals surface area contributed by atoms with Crippen molar-refractivity contribution in [1.82, 2.24) is 5.43 Å². The quantitative estimate of drug-likeness (QED) is 0.458. The summed E-state index contributed by atoms with van der Waals surface area (Å²) in [5.41, 5.74) is 4.37. The van der Waals surface area contributed by atoms with Crippen molar-refractivity contribution < 1.29 is 24.2 Å². The summed E-state index contributed by atoms with van der Waals surface area (Å²) in [5, 5.41) is 12.4. The van der Waals surface area contributed by atoms with E-state index >= 15 is 0 Å². The molecule has 7 heteroatoms. The van der Waals surface area contributed by atoms with Gasteiger partial charge in [-0.05, 0) is 60.4 Å². The minimum Gasteiger partial charge on any atom is -0.484 e. The van der Waals surface area contributed by atoms with E-state index in [0.717, 1.165) is 24.8 Å². The summed E-state index contributed by atoms with van der Waals surface area (Å²) in [7, 11) is 0. The molecule has 0 fully saturated rings. The highest BCUT2D eigenvalue weighted by molar-refractivity contribution is 5.83. The first kappa shape index (κ1) is 21.0. The van der Waals surface area contributed by atoms with Crippen molar-refractivity contribution in [1.29, 1.82) is 0 Å². The summed E-state index contributed by atoms with van der Waals surface area (Å²) >= 11 is 0. The number of nitrogens with one attached hydrogen (secondary N) is 1. The number of hydrazone groups is 1. The molecule has 2 aromatic carbocycles. The van der Waals surface area contributed by atoms with E-state index in [-0.39, 0.29) is 12.5 Å². The third kappa shape index (κ3) is 7.90. The highest BCUT2D eigenvalue weighted by atomic mass is 16.5. The largest absolute Gasteiger partial charge is 0.484 e. The zero-order valence-electron chi connectivity index (χ0n) is 15.8. The first-order valence-electron chi connectivity index (χ1n) is 9.05. The highest BCUT2D eigenvalue weighted by Crippen LogP contribution is 2.14. The van der Waals surface area contributed by atoms with Gasteiger partial charge in [-0.3, -0.25) is 4.79 Å². The van der Waals surface area contributed by atoms with E-state index < -0.39 is 12.6 Å². The number of carboxylic acid groups (broad SMARTS) is 1. The molecule has 0 aromatic heterocycles. The molecule has 0 radical (unpaired) electrons. The Morgan fingerprint density at radius 2 is 1.61 bits per heavy atom. The van der Waals surface area contributed by atoms with Gasteiger partial charge >= 0.3 is 5.97 Å². The van der Waals surface area contributed by atoms with E-state index in [1.54, 1.807) is 24.3 Å². The van der Waals surface area contributed by atoms with Gasteiger partial charge in [0, 0.05) is 0 Å². The van der Waals surface area contributed by atoms with Gasteiger partial charge in [0.2, 0.25) is 0 Å². The molecule has 7 nitrogen and oxygen atoms in total. The lowest BCUT2D eigenvalue weighted by molar-refractivity contribution is -0.139. The van der Waals surface area contributed by atoms with Crippen LogP contribution in [-0.4, -0.2) is 36.4 Å². The standard InChI is InChI=1S/C21H24N2O5/c1-2-3-4-16-5-9-18(10-6-16)27-14-20(24)23-22-13-17-7-11-19(12-8-17)28-15-21(25)26/h5-13H,2-4,14-15H2,1H3,(H,23,24)(H,25,26)/b22-13+. The number of rotatable bonds is 11. The lowest BCUT2D eigenvalue weighted by Crippen LogP contribution is -2.24. The van der Waals surface area contributed by atoms with E-state index in [9.17, 15) is 9.59 Å². The molecule has 0 aliphatic carbocycles. The Morgan fingerprint density at radius 1 is 1.00 bits per heavy atom. The molecule has 0 unspecified atom stereocenters. The van der Waals surface area contributed by atoms with Crippen LogP contribution in [0.2, 0.25) is 0 Å². The van der Waals surface area contributed by atoms with Crippen molar-refractivity contribution in [3.63, 3.8) is 0 Å².